The summed E-state index contributed by atoms with van der Waals surface area (Å²) in [5.41, 5.74) is 9.13. The first-order valence-electron chi connectivity index (χ1n) is 11.4. The van der Waals surface area contributed by atoms with Crippen molar-refractivity contribution in [2.75, 3.05) is 24.7 Å². The number of nitrogen functional groups attached to an aromatic ring is 2. The van der Waals surface area contributed by atoms with Crippen molar-refractivity contribution in [1.82, 2.24) is 34.1 Å². The van der Waals surface area contributed by atoms with Crippen LogP contribution < -0.4 is 22.7 Å². The lowest BCUT2D eigenvalue weighted by molar-refractivity contribution is -0.0596. The number of aliphatic hydroxyl groups is 4. The number of ether oxygens (including phenoxy) is 2. The largest absolute Gasteiger partial charge is 0.472 e. The van der Waals surface area contributed by atoms with Crippen molar-refractivity contribution in [3.05, 3.63) is 33.5 Å². The molecule has 9 atom stereocenters. The zero-order valence-electron chi connectivity index (χ0n) is 20.1. The van der Waals surface area contributed by atoms with E-state index in [1.165, 1.54) is 0 Å². The molecule has 0 spiro atoms. The Labute approximate surface area is 221 Å². The van der Waals surface area contributed by atoms with Gasteiger partial charge in [0.05, 0.1) is 19.5 Å². The molecule has 9 unspecified atom stereocenters. The number of phosphoric ester groups is 1. The highest BCUT2D eigenvalue weighted by Gasteiger charge is 2.50. The number of nitrogens with two attached hydrogens (primary N) is 2. The van der Waals surface area contributed by atoms with Crippen LogP contribution in [0.15, 0.2) is 22.2 Å². The monoisotopic (exact) mass is 589 g/mol. The minimum atomic E-state index is -5.05. The molecule has 40 heavy (non-hydrogen) atoms. The highest BCUT2D eigenvalue weighted by molar-refractivity contribution is 7.47. The van der Waals surface area contributed by atoms with Crippen molar-refractivity contribution in [2.45, 2.75) is 49.1 Å². The Kier molecular flexibility index (Phi) is 7.43. The lowest BCUT2D eigenvalue weighted by atomic mass is 10.1. The fourth-order valence-electron chi connectivity index (χ4n) is 4.33. The van der Waals surface area contributed by atoms with Crippen molar-refractivity contribution < 1.29 is 48.4 Å². The van der Waals surface area contributed by atoms with E-state index in [-0.39, 0.29) is 23.1 Å². The van der Waals surface area contributed by atoms with Crippen molar-refractivity contribution in [1.29, 1.82) is 0 Å². The average molecular weight is 589 g/mol. The number of imidazole rings is 1. The van der Waals surface area contributed by atoms with Crippen molar-refractivity contribution in [3.63, 3.8) is 0 Å². The van der Waals surface area contributed by atoms with E-state index in [0.717, 1.165) is 21.8 Å². The van der Waals surface area contributed by atoms with Gasteiger partial charge < -0.3 is 46.3 Å². The van der Waals surface area contributed by atoms with Crippen LogP contribution in [0.25, 0.3) is 11.2 Å². The van der Waals surface area contributed by atoms with E-state index < -0.39 is 81.4 Å². The molecule has 5 heterocycles. The van der Waals surface area contributed by atoms with E-state index in [1.807, 2.05) is 0 Å². The summed E-state index contributed by atoms with van der Waals surface area (Å²) in [6, 6.07) is 0. The van der Waals surface area contributed by atoms with Gasteiger partial charge >= 0.3 is 13.5 Å². The Morgan fingerprint density at radius 1 is 1.00 bits per heavy atom. The summed E-state index contributed by atoms with van der Waals surface area (Å²) in [6.07, 6.45) is -10.3. The molecule has 0 bridgehead atoms. The number of anilines is 2. The smallest absolute Gasteiger partial charge is 0.394 e. The summed E-state index contributed by atoms with van der Waals surface area (Å²) >= 11 is 0. The summed E-state index contributed by atoms with van der Waals surface area (Å²) in [6.45, 7) is -1.59. The zero-order chi connectivity index (χ0) is 28.9. The van der Waals surface area contributed by atoms with Gasteiger partial charge in [0.15, 0.2) is 23.6 Å². The minimum Gasteiger partial charge on any atom is -0.394 e. The standard InChI is InChI=1S/C18H24N9O12P/c19-16-22-4-27(18(33)25-16)15-10(31)11(5(1-28)37-15)39-40(34,35)36-2-6-8(29)9(30)14(38-6)26-3-21-7-12(26)23-17(20)24-13(7)32/h3-6,8-11,14-15,28-31H,1-2H2,(H,34,35)(H2,19,25,33)(H3,20,23,24,32). The number of aromatic amines is 1. The van der Waals surface area contributed by atoms with Crippen LogP contribution in [0.2, 0.25) is 0 Å². The Hall–Kier alpha value is -3.37. The fourth-order valence-corrected chi connectivity index (χ4v) is 5.30. The Morgan fingerprint density at radius 3 is 2.38 bits per heavy atom. The van der Waals surface area contributed by atoms with E-state index >= 15 is 0 Å². The number of aromatic nitrogens is 7. The lowest BCUT2D eigenvalue weighted by Gasteiger charge is -2.23. The molecule has 2 aliphatic heterocycles. The summed E-state index contributed by atoms with van der Waals surface area (Å²) in [5, 5.41) is 41.3. The third-order valence-electron chi connectivity index (χ3n) is 6.23. The molecule has 0 saturated carbocycles. The Morgan fingerprint density at radius 2 is 1.68 bits per heavy atom. The summed E-state index contributed by atoms with van der Waals surface area (Å²) in [4.78, 5) is 51.5. The van der Waals surface area contributed by atoms with E-state index in [4.69, 9.17) is 30.0 Å². The fraction of sp³-hybridized carbons (Fsp3) is 0.556. The maximum Gasteiger partial charge on any atom is 0.472 e. The predicted molar refractivity (Wildman–Crippen MR) is 127 cm³/mol. The number of hydrogen-bond donors (Lipinski definition) is 8. The molecule has 0 amide bonds. The first-order chi connectivity index (χ1) is 18.9. The topological polar surface area (TPSA) is 319 Å². The van der Waals surface area contributed by atoms with Gasteiger partial charge in [-0.2, -0.15) is 9.97 Å². The van der Waals surface area contributed by atoms with Gasteiger partial charge in [-0.25, -0.2) is 19.3 Å². The second-order valence-corrected chi connectivity index (χ2v) is 10.2. The van der Waals surface area contributed by atoms with E-state index in [2.05, 4.69) is 24.9 Å². The maximum atomic E-state index is 12.7. The van der Waals surface area contributed by atoms with E-state index in [1.54, 1.807) is 0 Å². The number of fused-ring (bicyclic) bond motifs is 1. The van der Waals surface area contributed by atoms with Crippen LogP contribution >= 0.6 is 7.82 Å². The molecule has 22 heteroatoms. The van der Waals surface area contributed by atoms with Gasteiger partial charge in [0.2, 0.25) is 11.9 Å². The highest BCUT2D eigenvalue weighted by Crippen LogP contribution is 2.49. The molecule has 0 radical (unpaired) electrons. The molecule has 0 aromatic carbocycles. The molecule has 10 N–H and O–H groups in total. The first kappa shape index (κ1) is 28.2. The molecule has 3 aromatic heterocycles. The zero-order valence-corrected chi connectivity index (χ0v) is 21.0. The van der Waals surface area contributed by atoms with Crippen molar-refractivity contribution >= 4 is 30.9 Å². The van der Waals surface area contributed by atoms with Gasteiger partial charge in [-0.15, -0.1) is 0 Å². The van der Waals surface area contributed by atoms with E-state index in [9.17, 15) is 39.5 Å². The average Bonchev–Trinajstić information content (AvgIpc) is 3.53. The maximum absolute atomic E-state index is 12.7. The van der Waals surface area contributed by atoms with Crippen LogP contribution in [-0.2, 0) is 23.1 Å². The second kappa shape index (κ2) is 10.6. The number of aliphatic hydroxyl groups excluding tert-OH is 4. The van der Waals surface area contributed by atoms with Crippen LogP contribution in [0.1, 0.15) is 12.5 Å². The first-order valence-corrected chi connectivity index (χ1v) is 12.9. The van der Waals surface area contributed by atoms with Crippen molar-refractivity contribution in [2.24, 2.45) is 0 Å². The lowest BCUT2D eigenvalue weighted by Crippen LogP contribution is -2.38. The van der Waals surface area contributed by atoms with Gasteiger partial charge in [0.1, 0.15) is 43.0 Å². The third kappa shape index (κ3) is 5.10. The van der Waals surface area contributed by atoms with Gasteiger partial charge in [-0.05, 0) is 0 Å². The minimum absolute atomic E-state index is 0.0549. The molecule has 5 rings (SSSR count). The number of nitrogens with zero attached hydrogens (tertiary/aromatic N) is 6. The van der Waals surface area contributed by atoms with Crippen LogP contribution in [0.4, 0.5) is 11.9 Å². The Balaban J connectivity index is 1.27. The Bertz CT molecular complexity index is 1560. The number of nitrogens with one attached hydrogen (secondary N) is 1. The predicted octanol–water partition coefficient (Wildman–Crippen LogP) is -4.69. The number of phosphoric acid groups is 1. The van der Waals surface area contributed by atoms with Crippen LogP contribution in [-0.4, -0.2) is 109 Å². The molecule has 0 aliphatic carbocycles. The molecule has 2 saturated heterocycles. The van der Waals surface area contributed by atoms with Crippen molar-refractivity contribution in [3.8, 4) is 0 Å². The van der Waals surface area contributed by atoms with Gasteiger partial charge in [0, 0.05) is 0 Å². The van der Waals surface area contributed by atoms with Crippen LogP contribution in [0.3, 0.4) is 0 Å². The molecule has 21 nitrogen and oxygen atoms in total. The SMILES string of the molecule is Nc1ncn(C2OC(CO)C(OP(=O)(O)OCC3OC(n4cnc5c(=O)[nH]c(N)nc54)C(O)C3O)C2O)c(=O)n1. The number of H-pyrrole nitrogens is 1. The number of rotatable bonds is 8. The summed E-state index contributed by atoms with van der Waals surface area (Å²) in [5.74, 6) is -0.576. The van der Waals surface area contributed by atoms with Crippen LogP contribution in [0.5, 0.6) is 0 Å². The quantitative estimate of drug-likeness (QED) is 0.114. The van der Waals surface area contributed by atoms with Gasteiger partial charge in [-0.1, -0.05) is 0 Å². The van der Waals surface area contributed by atoms with Gasteiger partial charge in [-0.3, -0.25) is 28.0 Å². The third-order valence-corrected chi connectivity index (χ3v) is 7.21. The van der Waals surface area contributed by atoms with Crippen LogP contribution in [0, 0.1) is 0 Å². The summed E-state index contributed by atoms with van der Waals surface area (Å²) in [7, 11) is -5.05. The second-order valence-electron chi connectivity index (χ2n) is 8.80. The molecule has 2 fully saturated rings. The molecule has 2 aliphatic rings. The normalized spacial score (nSPS) is 32.0. The van der Waals surface area contributed by atoms with Gasteiger partial charge in [0.25, 0.3) is 5.56 Å². The van der Waals surface area contributed by atoms with E-state index in [0.29, 0.717) is 0 Å². The molecular formula is C18H24N9O12P. The molecular weight excluding hydrogens is 565 g/mol. The summed E-state index contributed by atoms with van der Waals surface area (Å²) < 4.78 is 35.5. The number of hydrogen-bond acceptors (Lipinski definition) is 17. The molecule has 218 valence electrons. The highest BCUT2D eigenvalue weighted by atomic mass is 31.2. The molecule has 3 aromatic rings.